The third-order valence-electron chi connectivity index (χ3n) is 2.77. The van der Waals surface area contributed by atoms with Crippen molar-refractivity contribution in [2.24, 2.45) is 0 Å². The molecule has 1 aromatic carbocycles. The summed E-state index contributed by atoms with van der Waals surface area (Å²) in [6.45, 7) is 4.30. The largest absolute Gasteiger partial charge is 0.497 e. The third kappa shape index (κ3) is 4.75. The van der Waals surface area contributed by atoms with Crippen LogP contribution in [0.5, 0.6) is 5.75 Å². The molecule has 0 aliphatic carbocycles. The standard InChI is InChI=1S/C14H22N2O2/c1-4-15-10-9-14(17)16(2)11-12-5-7-13(18-3)8-6-12/h5-8,15H,4,9-11H2,1-3H3. The van der Waals surface area contributed by atoms with Crippen molar-refractivity contribution in [1.82, 2.24) is 10.2 Å². The van der Waals surface area contributed by atoms with Crippen molar-refractivity contribution in [1.29, 1.82) is 0 Å². The number of methoxy groups -OCH3 is 1. The number of amides is 1. The number of hydrogen-bond acceptors (Lipinski definition) is 3. The Hall–Kier alpha value is -1.55. The Morgan fingerprint density at radius 1 is 1.33 bits per heavy atom. The Balaban J connectivity index is 2.42. The highest BCUT2D eigenvalue weighted by molar-refractivity contribution is 5.76. The van der Waals surface area contributed by atoms with E-state index in [0.29, 0.717) is 13.0 Å². The van der Waals surface area contributed by atoms with E-state index >= 15 is 0 Å². The summed E-state index contributed by atoms with van der Waals surface area (Å²) < 4.78 is 5.10. The molecule has 0 saturated heterocycles. The van der Waals surface area contributed by atoms with Gasteiger partial charge in [0.05, 0.1) is 7.11 Å². The van der Waals surface area contributed by atoms with Crippen LogP contribution >= 0.6 is 0 Å². The summed E-state index contributed by atoms with van der Waals surface area (Å²) in [4.78, 5) is 13.6. The Morgan fingerprint density at radius 3 is 2.56 bits per heavy atom. The van der Waals surface area contributed by atoms with Crippen LogP contribution in [-0.4, -0.2) is 38.1 Å². The van der Waals surface area contributed by atoms with Crippen LogP contribution in [0.3, 0.4) is 0 Å². The lowest BCUT2D eigenvalue weighted by molar-refractivity contribution is -0.130. The van der Waals surface area contributed by atoms with Crippen LogP contribution in [-0.2, 0) is 11.3 Å². The summed E-state index contributed by atoms with van der Waals surface area (Å²) in [5.74, 6) is 0.992. The van der Waals surface area contributed by atoms with Crippen LogP contribution < -0.4 is 10.1 Å². The molecule has 0 spiro atoms. The fraction of sp³-hybridized carbons (Fsp3) is 0.500. The molecule has 1 rings (SSSR count). The summed E-state index contributed by atoms with van der Waals surface area (Å²) in [6.07, 6.45) is 0.542. The van der Waals surface area contributed by atoms with Gasteiger partial charge >= 0.3 is 0 Å². The maximum Gasteiger partial charge on any atom is 0.223 e. The van der Waals surface area contributed by atoms with Crippen molar-refractivity contribution >= 4 is 5.91 Å². The molecule has 1 amide bonds. The van der Waals surface area contributed by atoms with Gasteiger partial charge in [-0.05, 0) is 24.2 Å². The van der Waals surface area contributed by atoms with E-state index in [1.165, 1.54) is 0 Å². The first-order chi connectivity index (χ1) is 8.67. The second-order valence-electron chi connectivity index (χ2n) is 4.20. The second-order valence-corrected chi connectivity index (χ2v) is 4.20. The average Bonchev–Trinajstić information content (AvgIpc) is 2.39. The predicted molar refractivity (Wildman–Crippen MR) is 72.6 cm³/mol. The highest BCUT2D eigenvalue weighted by Gasteiger charge is 2.08. The molecule has 4 nitrogen and oxygen atoms in total. The minimum atomic E-state index is 0.159. The zero-order valence-electron chi connectivity index (χ0n) is 11.4. The molecule has 1 aromatic rings. The van der Waals surface area contributed by atoms with E-state index in [9.17, 15) is 4.79 Å². The monoisotopic (exact) mass is 250 g/mol. The first kappa shape index (κ1) is 14.5. The smallest absolute Gasteiger partial charge is 0.223 e. The van der Waals surface area contributed by atoms with E-state index in [4.69, 9.17) is 4.74 Å². The number of carbonyl (C=O) groups excluding carboxylic acids is 1. The van der Waals surface area contributed by atoms with E-state index in [0.717, 1.165) is 24.4 Å². The highest BCUT2D eigenvalue weighted by atomic mass is 16.5. The number of benzene rings is 1. The van der Waals surface area contributed by atoms with Crippen molar-refractivity contribution in [2.75, 3.05) is 27.2 Å². The normalized spacial score (nSPS) is 10.2. The molecule has 4 heteroatoms. The summed E-state index contributed by atoms with van der Waals surface area (Å²) in [5, 5.41) is 3.15. The minimum absolute atomic E-state index is 0.159. The van der Waals surface area contributed by atoms with Gasteiger partial charge in [0.15, 0.2) is 0 Å². The Morgan fingerprint density at radius 2 is 2.00 bits per heavy atom. The molecule has 0 fully saturated rings. The molecule has 0 aromatic heterocycles. The van der Waals surface area contributed by atoms with Gasteiger partial charge < -0.3 is 15.0 Å². The molecule has 0 atom stereocenters. The van der Waals surface area contributed by atoms with Gasteiger partial charge in [-0.3, -0.25) is 4.79 Å². The predicted octanol–water partition coefficient (Wildman–Crippen LogP) is 1.65. The Labute approximate surface area is 109 Å². The third-order valence-corrected chi connectivity index (χ3v) is 2.77. The number of ether oxygens (including phenoxy) is 1. The maximum absolute atomic E-state index is 11.8. The van der Waals surface area contributed by atoms with E-state index < -0.39 is 0 Å². The van der Waals surface area contributed by atoms with Crippen LogP contribution in [0.25, 0.3) is 0 Å². The summed E-state index contributed by atoms with van der Waals surface area (Å²) in [6, 6.07) is 7.78. The fourth-order valence-electron chi connectivity index (χ4n) is 1.66. The zero-order chi connectivity index (χ0) is 13.4. The zero-order valence-corrected chi connectivity index (χ0v) is 11.4. The van der Waals surface area contributed by atoms with Crippen molar-refractivity contribution in [2.45, 2.75) is 19.9 Å². The molecular weight excluding hydrogens is 228 g/mol. The van der Waals surface area contributed by atoms with Crippen molar-refractivity contribution in [3.8, 4) is 5.75 Å². The quantitative estimate of drug-likeness (QED) is 0.748. The number of rotatable bonds is 7. The first-order valence-electron chi connectivity index (χ1n) is 6.25. The lowest BCUT2D eigenvalue weighted by Crippen LogP contribution is -2.29. The van der Waals surface area contributed by atoms with Gasteiger partial charge in [-0.2, -0.15) is 0 Å². The molecule has 0 unspecified atom stereocenters. The molecular formula is C14H22N2O2. The lowest BCUT2D eigenvalue weighted by Gasteiger charge is -2.17. The van der Waals surface area contributed by atoms with Gasteiger partial charge in [-0.25, -0.2) is 0 Å². The number of nitrogens with one attached hydrogen (secondary N) is 1. The van der Waals surface area contributed by atoms with Gasteiger partial charge in [0.2, 0.25) is 5.91 Å². The molecule has 0 heterocycles. The molecule has 0 bridgehead atoms. The van der Waals surface area contributed by atoms with Gasteiger partial charge in [0, 0.05) is 26.6 Å². The molecule has 0 radical (unpaired) electrons. The van der Waals surface area contributed by atoms with E-state index in [1.807, 2.05) is 38.2 Å². The number of carbonyl (C=O) groups is 1. The van der Waals surface area contributed by atoms with Gasteiger partial charge in [-0.1, -0.05) is 19.1 Å². The van der Waals surface area contributed by atoms with Crippen LogP contribution in [0, 0.1) is 0 Å². The number of hydrogen-bond donors (Lipinski definition) is 1. The van der Waals surface area contributed by atoms with Gasteiger partial charge in [-0.15, -0.1) is 0 Å². The van der Waals surface area contributed by atoms with E-state index in [2.05, 4.69) is 5.32 Å². The maximum atomic E-state index is 11.8. The summed E-state index contributed by atoms with van der Waals surface area (Å²) in [5.41, 5.74) is 1.11. The second kappa shape index (κ2) is 7.71. The van der Waals surface area contributed by atoms with Crippen molar-refractivity contribution in [3.05, 3.63) is 29.8 Å². The van der Waals surface area contributed by atoms with Crippen LogP contribution in [0.4, 0.5) is 0 Å². The van der Waals surface area contributed by atoms with Crippen molar-refractivity contribution < 1.29 is 9.53 Å². The van der Waals surface area contributed by atoms with Gasteiger partial charge in [0.25, 0.3) is 0 Å². The molecule has 18 heavy (non-hydrogen) atoms. The fourth-order valence-corrected chi connectivity index (χ4v) is 1.66. The molecule has 0 aliphatic heterocycles. The highest BCUT2D eigenvalue weighted by Crippen LogP contribution is 2.12. The van der Waals surface area contributed by atoms with Gasteiger partial charge in [0.1, 0.15) is 5.75 Å². The average molecular weight is 250 g/mol. The van der Waals surface area contributed by atoms with Crippen LogP contribution in [0.1, 0.15) is 18.9 Å². The Kier molecular flexibility index (Phi) is 6.22. The van der Waals surface area contributed by atoms with Crippen LogP contribution in [0.2, 0.25) is 0 Å². The minimum Gasteiger partial charge on any atom is -0.497 e. The first-order valence-corrected chi connectivity index (χ1v) is 6.25. The van der Waals surface area contributed by atoms with Crippen molar-refractivity contribution in [3.63, 3.8) is 0 Å². The molecule has 100 valence electrons. The molecule has 0 aliphatic rings. The lowest BCUT2D eigenvalue weighted by atomic mass is 10.2. The van der Waals surface area contributed by atoms with E-state index in [-0.39, 0.29) is 5.91 Å². The number of nitrogens with zero attached hydrogens (tertiary/aromatic N) is 1. The summed E-state index contributed by atoms with van der Waals surface area (Å²) >= 11 is 0. The van der Waals surface area contributed by atoms with Crippen LogP contribution in [0.15, 0.2) is 24.3 Å². The molecule has 0 saturated carbocycles. The Bertz CT molecular complexity index is 363. The molecule has 1 N–H and O–H groups in total. The van der Waals surface area contributed by atoms with E-state index in [1.54, 1.807) is 12.0 Å². The SMILES string of the molecule is CCNCCC(=O)N(C)Cc1ccc(OC)cc1. The topological polar surface area (TPSA) is 41.6 Å². The summed E-state index contributed by atoms with van der Waals surface area (Å²) in [7, 11) is 3.48.